The first-order valence-electron chi connectivity index (χ1n) is 12.3. The summed E-state index contributed by atoms with van der Waals surface area (Å²) < 4.78 is 10.9. The van der Waals surface area contributed by atoms with Gasteiger partial charge in [-0.3, -0.25) is 4.79 Å². The van der Waals surface area contributed by atoms with E-state index in [9.17, 15) is 14.4 Å². The van der Waals surface area contributed by atoms with Gasteiger partial charge in [-0.2, -0.15) is 10.1 Å². The molecule has 8 nitrogen and oxygen atoms in total. The molecule has 0 bridgehead atoms. The van der Waals surface area contributed by atoms with Crippen molar-refractivity contribution < 1.29 is 23.9 Å². The largest absolute Gasteiger partial charge is 0.463 e. The smallest absolute Gasteiger partial charge is 0.355 e. The van der Waals surface area contributed by atoms with Crippen LogP contribution in [-0.2, 0) is 23.9 Å². The maximum atomic E-state index is 14.5. The number of amides is 1. The Morgan fingerprint density at radius 2 is 1.50 bits per heavy atom. The summed E-state index contributed by atoms with van der Waals surface area (Å²) in [6, 6.07) is 18.4. The number of ether oxygens (including phenoxy) is 2. The van der Waals surface area contributed by atoms with Gasteiger partial charge in [-0.25, -0.2) is 9.59 Å². The molecule has 2 unspecified atom stereocenters. The van der Waals surface area contributed by atoms with Crippen LogP contribution in [0.25, 0.3) is 0 Å². The van der Waals surface area contributed by atoms with Gasteiger partial charge in [0.1, 0.15) is 5.70 Å². The molecule has 2 atom stereocenters. The summed E-state index contributed by atoms with van der Waals surface area (Å²) in [5.41, 5.74) is 0.538. The number of para-hydroxylation sites is 1. The number of carbonyl (C=O) groups is 3. The fraction of sp³-hybridized carbons (Fsp3) is 0.357. The molecule has 2 aromatic carbocycles. The summed E-state index contributed by atoms with van der Waals surface area (Å²) in [7, 11) is 0. The van der Waals surface area contributed by atoms with Crippen molar-refractivity contribution in [3.63, 3.8) is 0 Å². The second kappa shape index (κ2) is 10.4. The van der Waals surface area contributed by atoms with E-state index >= 15 is 0 Å². The molecule has 0 N–H and O–H groups in total. The molecule has 0 saturated heterocycles. The van der Waals surface area contributed by atoms with Gasteiger partial charge in [0.05, 0.1) is 36.1 Å². The first kappa shape index (κ1) is 25.2. The van der Waals surface area contributed by atoms with Crippen LogP contribution in [0.15, 0.2) is 77.0 Å². The van der Waals surface area contributed by atoms with Gasteiger partial charge in [0.2, 0.25) is 0 Å². The van der Waals surface area contributed by atoms with Crippen molar-refractivity contribution in [1.29, 1.82) is 0 Å². The number of anilines is 1. The van der Waals surface area contributed by atoms with Crippen molar-refractivity contribution in [3.05, 3.63) is 77.5 Å². The van der Waals surface area contributed by atoms with Crippen LogP contribution in [0.1, 0.15) is 45.6 Å². The van der Waals surface area contributed by atoms with Crippen molar-refractivity contribution in [2.75, 3.05) is 24.8 Å². The van der Waals surface area contributed by atoms with E-state index in [4.69, 9.17) is 14.6 Å². The predicted molar refractivity (Wildman–Crippen MR) is 136 cm³/mol. The third-order valence-corrected chi connectivity index (χ3v) is 6.52. The molecule has 0 fully saturated rings. The molecule has 2 heterocycles. The van der Waals surface area contributed by atoms with Crippen molar-refractivity contribution >= 4 is 29.2 Å². The molecular formula is C28H31N3O5. The van der Waals surface area contributed by atoms with Gasteiger partial charge in [0, 0.05) is 6.54 Å². The molecular weight excluding hydrogens is 458 g/mol. The Bertz CT molecular complexity index is 1210. The Balaban J connectivity index is 2.03. The van der Waals surface area contributed by atoms with E-state index in [-0.39, 0.29) is 30.4 Å². The summed E-state index contributed by atoms with van der Waals surface area (Å²) in [5, 5.41) is 6.06. The van der Waals surface area contributed by atoms with E-state index in [2.05, 4.69) is 0 Å². The second-order valence-corrected chi connectivity index (χ2v) is 8.60. The topological polar surface area (TPSA) is 88.5 Å². The first-order chi connectivity index (χ1) is 17.4. The minimum Gasteiger partial charge on any atom is -0.463 e. The minimum absolute atomic E-state index is 0.0591. The van der Waals surface area contributed by atoms with E-state index in [1.54, 1.807) is 37.8 Å². The van der Waals surface area contributed by atoms with Gasteiger partial charge in [0.25, 0.3) is 5.91 Å². The normalized spacial score (nSPS) is 21.3. The van der Waals surface area contributed by atoms with E-state index in [1.807, 2.05) is 55.5 Å². The summed E-state index contributed by atoms with van der Waals surface area (Å²) in [6.45, 7) is 7.72. The van der Waals surface area contributed by atoms with Gasteiger partial charge >= 0.3 is 11.9 Å². The molecule has 8 heteroatoms. The van der Waals surface area contributed by atoms with Gasteiger partial charge < -0.3 is 14.4 Å². The standard InChI is InChI=1S/C28H31N3O5/c1-5-18-30-24(26(33)36-7-3)22(25(32)35-6-2)23(20-14-10-8-11-15-20)28(30)19(4)29-31(27(28)34)21-16-12-9-13-17-21/h8-17,23H,5-7,18H2,1-4H3. The molecule has 1 amide bonds. The molecule has 0 saturated carbocycles. The third-order valence-electron chi connectivity index (χ3n) is 6.52. The van der Waals surface area contributed by atoms with Gasteiger partial charge in [0.15, 0.2) is 5.54 Å². The lowest BCUT2D eigenvalue weighted by molar-refractivity contribution is -0.143. The fourth-order valence-corrected chi connectivity index (χ4v) is 5.21. The number of carbonyl (C=O) groups excluding carboxylic acids is 3. The Kier molecular flexibility index (Phi) is 7.24. The minimum atomic E-state index is -1.43. The Morgan fingerprint density at radius 1 is 0.917 bits per heavy atom. The van der Waals surface area contributed by atoms with E-state index in [1.165, 1.54) is 5.01 Å². The van der Waals surface area contributed by atoms with E-state index < -0.39 is 23.4 Å². The zero-order valence-corrected chi connectivity index (χ0v) is 21.1. The number of hydrogen-bond donors (Lipinski definition) is 0. The van der Waals surface area contributed by atoms with Crippen molar-refractivity contribution in [1.82, 2.24) is 4.90 Å². The predicted octanol–water partition coefficient (Wildman–Crippen LogP) is 4.04. The van der Waals surface area contributed by atoms with E-state index in [0.717, 1.165) is 0 Å². The highest BCUT2D eigenvalue weighted by molar-refractivity contribution is 6.26. The third kappa shape index (κ3) is 3.86. The van der Waals surface area contributed by atoms with Crippen molar-refractivity contribution in [2.24, 2.45) is 5.10 Å². The summed E-state index contributed by atoms with van der Waals surface area (Å²) in [5.74, 6) is -2.47. The highest BCUT2D eigenvalue weighted by atomic mass is 16.5. The average Bonchev–Trinajstić information content (AvgIpc) is 3.34. The number of esters is 2. The molecule has 2 aromatic rings. The molecule has 0 radical (unpaired) electrons. The molecule has 1 spiro atoms. The van der Waals surface area contributed by atoms with Crippen LogP contribution >= 0.6 is 0 Å². The lowest BCUT2D eigenvalue weighted by Crippen LogP contribution is -2.60. The monoisotopic (exact) mass is 489 g/mol. The van der Waals surface area contributed by atoms with Gasteiger partial charge in [-0.15, -0.1) is 0 Å². The fourth-order valence-electron chi connectivity index (χ4n) is 5.21. The molecule has 0 aromatic heterocycles. The lowest BCUT2D eigenvalue weighted by atomic mass is 9.73. The van der Waals surface area contributed by atoms with Gasteiger partial charge in [-0.05, 0) is 44.9 Å². The molecule has 188 valence electrons. The zero-order chi connectivity index (χ0) is 25.9. The Morgan fingerprint density at radius 3 is 2.08 bits per heavy atom. The van der Waals surface area contributed by atoms with Crippen LogP contribution in [0.4, 0.5) is 5.69 Å². The average molecular weight is 490 g/mol. The Labute approximate surface area is 211 Å². The summed E-state index contributed by atoms with van der Waals surface area (Å²) in [4.78, 5) is 43.2. The maximum absolute atomic E-state index is 14.5. The van der Waals surface area contributed by atoms with Gasteiger partial charge in [-0.1, -0.05) is 55.5 Å². The SMILES string of the molecule is CCCN1C(C(=O)OCC)=C(C(=O)OCC)C(c2ccccc2)C12C(=O)N(c1ccccc1)N=C2C. The number of nitrogens with zero attached hydrogens (tertiary/aromatic N) is 3. The quantitative estimate of drug-likeness (QED) is 0.520. The molecule has 2 aliphatic rings. The first-order valence-corrected chi connectivity index (χ1v) is 12.3. The Hall–Kier alpha value is -3.94. The molecule has 2 aliphatic heterocycles. The van der Waals surface area contributed by atoms with Crippen molar-refractivity contribution in [3.8, 4) is 0 Å². The summed E-state index contributed by atoms with van der Waals surface area (Å²) in [6.07, 6.45) is 0.619. The number of hydrazone groups is 1. The van der Waals surface area contributed by atoms with Crippen LogP contribution in [0.5, 0.6) is 0 Å². The van der Waals surface area contributed by atoms with Crippen LogP contribution < -0.4 is 5.01 Å². The summed E-state index contributed by atoms with van der Waals surface area (Å²) >= 11 is 0. The molecule has 36 heavy (non-hydrogen) atoms. The zero-order valence-electron chi connectivity index (χ0n) is 21.1. The van der Waals surface area contributed by atoms with Crippen molar-refractivity contribution in [2.45, 2.75) is 45.6 Å². The number of benzene rings is 2. The van der Waals surface area contributed by atoms with Crippen LogP contribution in [-0.4, -0.2) is 53.8 Å². The molecule has 0 aliphatic carbocycles. The highest BCUT2D eigenvalue weighted by Crippen LogP contribution is 2.53. The maximum Gasteiger partial charge on any atom is 0.355 e. The lowest BCUT2D eigenvalue weighted by Gasteiger charge is -2.40. The van der Waals surface area contributed by atoms with E-state index in [0.29, 0.717) is 29.9 Å². The number of hydrogen-bond acceptors (Lipinski definition) is 7. The van der Waals surface area contributed by atoms with Crippen LogP contribution in [0.3, 0.4) is 0 Å². The molecule has 4 rings (SSSR count). The van der Waals surface area contributed by atoms with Crippen LogP contribution in [0, 0.1) is 0 Å². The second-order valence-electron chi connectivity index (χ2n) is 8.60. The van der Waals surface area contributed by atoms with Crippen LogP contribution in [0.2, 0.25) is 0 Å². The number of rotatable bonds is 8. The highest BCUT2D eigenvalue weighted by Gasteiger charge is 2.67.